The predicted octanol–water partition coefficient (Wildman–Crippen LogP) is 3.52. The normalized spacial score (nSPS) is 9.60. The molecule has 0 aliphatic heterocycles. The van der Waals surface area contributed by atoms with Crippen LogP contribution in [0.1, 0.15) is 26.3 Å². The van der Waals surface area contributed by atoms with Crippen LogP contribution >= 0.6 is 0 Å². The Morgan fingerprint density at radius 3 is 1.83 bits per heavy atom. The number of nitrogens with one attached hydrogen (secondary N) is 2. The van der Waals surface area contributed by atoms with Crippen molar-refractivity contribution in [2.75, 3.05) is 5.32 Å². The number of rotatable bonds is 5. The lowest BCUT2D eigenvalue weighted by molar-refractivity contribution is -0.384. The number of hydrogen-bond donors (Lipinski definition) is 4. The van der Waals surface area contributed by atoms with Gasteiger partial charge >= 0.3 is 5.97 Å². The highest BCUT2D eigenvalue weighted by Crippen LogP contribution is 2.15. The second-order valence-electron chi connectivity index (χ2n) is 5.92. The predicted molar refractivity (Wildman–Crippen MR) is 112 cm³/mol. The maximum absolute atomic E-state index is 12.0. The monoisotopic (exact) mass is 406 g/mol. The van der Waals surface area contributed by atoms with E-state index in [0.29, 0.717) is 16.8 Å². The zero-order valence-corrected chi connectivity index (χ0v) is 15.6. The summed E-state index contributed by atoms with van der Waals surface area (Å²) in [6.45, 7) is 0. The van der Waals surface area contributed by atoms with Gasteiger partial charge in [-0.2, -0.15) is 0 Å². The molecule has 0 aromatic heterocycles. The molecule has 9 nitrogen and oxygen atoms in total. The van der Waals surface area contributed by atoms with E-state index in [-0.39, 0.29) is 23.0 Å². The first kappa shape index (κ1) is 21.8. The second-order valence-corrected chi connectivity index (χ2v) is 5.92. The molecule has 3 rings (SSSR count). The number of benzene rings is 3. The van der Waals surface area contributed by atoms with Crippen LogP contribution in [0.15, 0.2) is 78.9 Å². The van der Waals surface area contributed by atoms with Crippen molar-refractivity contribution in [1.29, 1.82) is 5.41 Å². The van der Waals surface area contributed by atoms with E-state index in [1.165, 1.54) is 36.4 Å². The first-order valence-corrected chi connectivity index (χ1v) is 8.56. The van der Waals surface area contributed by atoms with Gasteiger partial charge in [0.2, 0.25) is 0 Å². The van der Waals surface area contributed by atoms with Crippen LogP contribution in [0.3, 0.4) is 0 Å². The third-order valence-corrected chi connectivity index (χ3v) is 3.79. The number of aromatic carboxylic acids is 1. The van der Waals surface area contributed by atoms with Gasteiger partial charge in [0, 0.05) is 28.9 Å². The van der Waals surface area contributed by atoms with E-state index >= 15 is 0 Å². The minimum Gasteiger partial charge on any atom is -0.478 e. The Bertz CT molecular complexity index is 1050. The molecule has 9 heteroatoms. The van der Waals surface area contributed by atoms with Crippen LogP contribution in [0, 0.1) is 15.5 Å². The minimum atomic E-state index is -0.977. The van der Waals surface area contributed by atoms with Gasteiger partial charge in [-0.05, 0) is 36.4 Å². The highest BCUT2D eigenvalue weighted by atomic mass is 16.6. The summed E-state index contributed by atoms with van der Waals surface area (Å²) >= 11 is 0. The van der Waals surface area contributed by atoms with Crippen molar-refractivity contribution in [3.63, 3.8) is 0 Å². The van der Waals surface area contributed by atoms with E-state index in [4.69, 9.17) is 16.2 Å². The van der Waals surface area contributed by atoms with E-state index in [1.54, 1.807) is 36.4 Å². The van der Waals surface area contributed by atoms with Crippen molar-refractivity contribution < 1.29 is 19.6 Å². The van der Waals surface area contributed by atoms with Crippen molar-refractivity contribution in [2.45, 2.75) is 0 Å². The highest BCUT2D eigenvalue weighted by molar-refractivity contribution is 6.09. The first-order valence-electron chi connectivity index (χ1n) is 8.56. The number of guanidine groups is 1. The molecule has 0 aliphatic rings. The number of hydrogen-bond acceptors (Lipinski definition) is 5. The number of nitro groups is 1. The Labute approximate surface area is 171 Å². The van der Waals surface area contributed by atoms with Crippen molar-refractivity contribution in [2.24, 2.45) is 5.73 Å². The number of anilines is 1. The number of carbonyl (C=O) groups is 2. The number of ketones is 1. The molecule has 0 unspecified atom stereocenters. The van der Waals surface area contributed by atoms with Crippen molar-refractivity contribution in [3.8, 4) is 0 Å². The van der Waals surface area contributed by atoms with Gasteiger partial charge in [-0.3, -0.25) is 20.3 Å². The van der Waals surface area contributed by atoms with Gasteiger partial charge in [0.25, 0.3) is 5.69 Å². The Hall–Kier alpha value is -4.53. The third-order valence-electron chi connectivity index (χ3n) is 3.79. The Morgan fingerprint density at radius 1 is 0.867 bits per heavy atom. The van der Waals surface area contributed by atoms with E-state index < -0.39 is 10.9 Å². The number of carbonyl (C=O) groups excluding carboxylic acids is 1. The van der Waals surface area contributed by atoms with Gasteiger partial charge in [-0.1, -0.05) is 30.3 Å². The lowest BCUT2D eigenvalue weighted by Gasteiger charge is -2.02. The van der Waals surface area contributed by atoms with Gasteiger partial charge in [0.15, 0.2) is 11.7 Å². The van der Waals surface area contributed by atoms with E-state index in [0.717, 1.165) is 0 Å². The molecule has 3 aromatic carbocycles. The van der Waals surface area contributed by atoms with Crippen LogP contribution < -0.4 is 11.1 Å². The molecular weight excluding hydrogens is 388 g/mol. The Balaban J connectivity index is 0.000000222. The summed E-state index contributed by atoms with van der Waals surface area (Å²) in [5.41, 5.74) is 6.87. The standard InChI is InChI=1S/C13H9NO3.C8H9N3O2/c15-13(10-4-2-1-3-5-10)11-6-8-12(9-7-11)14(16)17;9-8(10)11-6-3-1-5(2-4-6)7(12)13/h1-9H;1-4H,(H,12,13)(H4,9,10,11). The molecule has 0 fully saturated rings. The fraction of sp³-hybridized carbons (Fsp3) is 0. The fourth-order valence-electron chi connectivity index (χ4n) is 2.34. The quantitative estimate of drug-likeness (QED) is 0.166. The van der Waals surface area contributed by atoms with Crippen LogP contribution in [0.5, 0.6) is 0 Å². The Kier molecular flexibility index (Phi) is 7.35. The van der Waals surface area contributed by atoms with Gasteiger partial charge < -0.3 is 16.2 Å². The number of nitro benzene ring substituents is 1. The van der Waals surface area contributed by atoms with Gasteiger partial charge in [-0.15, -0.1) is 0 Å². The molecule has 0 saturated carbocycles. The summed E-state index contributed by atoms with van der Waals surface area (Å²) in [6, 6.07) is 20.4. The van der Waals surface area contributed by atoms with Gasteiger partial charge in [0.1, 0.15) is 0 Å². The maximum Gasteiger partial charge on any atom is 0.335 e. The summed E-state index contributed by atoms with van der Waals surface area (Å²) in [5.74, 6) is -1.29. The van der Waals surface area contributed by atoms with Gasteiger partial charge in [-0.25, -0.2) is 4.79 Å². The van der Waals surface area contributed by atoms with Crippen LogP contribution in [-0.4, -0.2) is 27.7 Å². The molecule has 0 aliphatic carbocycles. The molecule has 0 atom stereocenters. The SMILES string of the molecule is N=C(N)Nc1ccc(C(=O)O)cc1.O=C(c1ccccc1)c1ccc([N+](=O)[O-])cc1. The molecule has 3 aromatic rings. The first-order chi connectivity index (χ1) is 14.3. The number of nitrogens with two attached hydrogens (primary N) is 1. The number of non-ortho nitro benzene ring substituents is 1. The maximum atomic E-state index is 12.0. The molecule has 0 bridgehead atoms. The highest BCUT2D eigenvalue weighted by Gasteiger charge is 2.10. The topological polar surface area (TPSA) is 159 Å². The minimum absolute atomic E-state index is 0.0189. The molecule has 0 spiro atoms. The summed E-state index contributed by atoms with van der Waals surface area (Å²) in [5, 5.41) is 28.5. The molecule has 30 heavy (non-hydrogen) atoms. The van der Waals surface area contributed by atoms with Crippen molar-refractivity contribution in [1.82, 2.24) is 0 Å². The molecule has 0 radical (unpaired) electrons. The molecule has 5 N–H and O–H groups in total. The van der Waals surface area contributed by atoms with E-state index in [9.17, 15) is 19.7 Å². The van der Waals surface area contributed by atoms with Crippen LogP contribution in [-0.2, 0) is 0 Å². The van der Waals surface area contributed by atoms with E-state index in [2.05, 4.69) is 5.32 Å². The molecular formula is C21H18N4O5. The number of nitrogens with zero attached hydrogens (tertiary/aromatic N) is 1. The lowest BCUT2D eigenvalue weighted by atomic mass is 10.0. The van der Waals surface area contributed by atoms with Crippen LogP contribution in [0.2, 0.25) is 0 Å². The molecule has 0 saturated heterocycles. The van der Waals surface area contributed by atoms with Crippen molar-refractivity contribution in [3.05, 3.63) is 106 Å². The number of carboxylic acids is 1. The lowest BCUT2D eigenvalue weighted by Crippen LogP contribution is -2.20. The zero-order valence-electron chi connectivity index (χ0n) is 15.6. The molecule has 0 amide bonds. The zero-order chi connectivity index (χ0) is 22.1. The second kappa shape index (κ2) is 10.1. The van der Waals surface area contributed by atoms with E-state index in [1.807, 2.05) is 6.07 Å². The average molecular weight is 406 g/mol. The summed E-state index contributed by atoms with van der Waals surface area (Å²) in [4.78, 5) is 32.4. The third kappa shape index (κ3) is 6.27. The number of carboxylic acid groups (broad SMARTS) is 1. The summed E-state index contributed by atoms with van der Waals surface area (Å²) in [6.07, 6.45) is 0. The molecule has 152 valence electrons. The Morgan fingerprint density at radius 2 is 1.37 bits per heavy atom. The van der Waals surface area contributed by atoms with Crippen LogP contribution in [0.4, 0.5) is 11.4 Å². The molecule has 0 heterocycles. The average Bonchev–Trinajstić information content (AvgIpc) is 2.74. The summed E-state index contributed by atoms with van der Waals surface area (Å²) < 4.78 is 0. The fourth-order valence-corrected chi connectivity index (χ4v) is 2.34. The smallest absolute Gasteiger partial charge is 0.335 e. The van der Waals surface area contributed by atoms with Crippen LogP contribution in [0.25, 0.3) is 0 Å². The van der Waals surface area contributed by atoms with Gasteiger partial charge in [0.05, 0.1) is 10.5 Å². The van der Waals surface area contributed by atoms with Crippen molar-refractivity contribution >= 4 is 29.1 Å². The largest absolute Gasteiger partial charge is 0.478 e. The summed E-state index contributed by atoms with van der Waals surface area (Å²) in [7, 11) is 0.